The Kier molecular flexibility index (Phi) is 5.00. The maximum absolute atomic E-state index is 11.5. The van der Waals surface area contributed by atoms with Crippen molar-refractivity contribution in [2.24, 2.45) is 0 Å². The highest BCUT2D eigenvalue weighted by molar-refractivity contribution is 7.99. The third-order valence-electron chi connectivity index (χ3n) is 2.91. The van der Waals surface area contributed by atoms with Crippen LogP contribution in [0.4, 0.5) is 0 Å². The Morgan fingerprint density at radius 3 is 3.04 bits per heavy atom. The molecule has 3 rings (SSSR count). The molecule has 23 heavy (non-hydrogen) atoms. The Balaban J connectivity index is 1.74. The SMILES string of the molecule is C=CCNC(=O)CSc1nnc(-c2sc3ccccc3c2Cl)o1. The van der Waals surface area contributed by atoms with Crippen molar-refractivity contribution in [1.29, 1.82) is 0 Å². The predicted molar refractivity (Wildman–Crippen MR) is 94.1 cm³/mol. The number of fused-ring (bicyclic) bond motifs is 1. The fraction of sp³-hybridized carbons (Fsp3) is 0.133. The molecule has 0 bridgehead atoms. The molecule has 2 heterocycles. The largest absolute Gasteiger partial charge is 0.410 e. The number of aromatic nitrogens is 2. The average Bonchev–Trinajstić information content (AvgIpc) is 3.16. The van der Waals surface area contributed by atoms with Crippen LogP contribution in [0.3, 0.4) is 0 Å². The van der Waals surface area contributed by atoms with Gasteiger partial charge in [0, 0.05) is 16.6 Å². The van der Waals surface area contributed by atoms with Gasteiger partial charge in [-0.05, 0) is 6.07 Å². The van der Waals surface area contributed by atoms with Crippen LogP contribution in [0.5, 0.6) is 0 Å². The van der Waals surface area contributed by atoms with Crippen LogP contribution in [0.15, 0.2) is 46.6 Å². The second kappa shape index (κ2) is 7.16. The van der Waals surface area contributed by atoms with Gasteiger partial charge in [-0.2, -0.15) is 0 Å². The minimum Gasteiger partial charge on any atom is -0.410 e. The number of carbonyl (C=O) groups is 1. The van der Waals surface area contributed by atoms with Crippen molar-refractivity contribution in [3.63, 3.8) is 0 Å². The highest BCUT2D eigenvalue weighted by Gasteiger charge is 2.18. The third kappa shape index (κ3) is 3.57. The lowest BCUT2D eigenvalue weighted by Gasteiger charge is -1.98. The molecule has 8 heteroatoms. The summed E-state index contributed by atoms with van der Waals surface area (Å²) in [5.41, 5.74) is 0. The lowest BCUT2D eigenvalue weighted by Crippen LogP contribution is -2.24. The molecule has 0 radical (unpaired) electrons. The lowest BCUT2D eigenvalue weighted by atomic mass is 10.2. The maximum atomic E-state index is 11.5. The molecule has 0 saturated heterocycles. The van der Waals surface area contributed by atoms with E-state index in [1.54, 1.807) is 6.08 Å². The summed E-state index contributed by atoms with van der Waals surface area (Å²) in [5.74, 6) is 0.454. The van der Waals surface area contributed by atoms with E-state index in [-0.39, 0.29) is 11.7 Å². The molecular weight excluding hydrogens is 354 g/mol. The smallest absolute Gasteiger partial charge is 0.277 e. The third-order valence-corrected chi connectivity index (χ3v) is 5.39. The molecule has 0 aliphatic rings. The molecule has 1 aromatic carbocycles. The number of benzene rings is 1. The van der Waals surface area contributed by atoms with Crippen LogP contribution in [0, 0.1) is 0 Å². The van der Waals surface area contributed by atoms with Crippen LogP contribution in [-0.4, -0.2) is 28.4 Å². The summed E-state index contributed by atoms with van der Waals surface area (Å²) in [6, 6.07) is 7.83. The van der Waals surface area contributed by atoms with E-state index in [1.165, 1.54) is 23.1 Å². The number of thioether (sulfide) groups is 1. The van der Waals surface area contributed by atoms with Crippen molar-refractivity contribution >= 4 is 50.7 Å². The summed E-state index contributed by atoms with van der Waals surface area (Å²) in [6.45, 7) is 3.98. The molecule has 2 aromatic heterocycles. The van der Waals surface area contributed by atoms with E-state index in [2.05, 4.69) is 22.1 Å². The van der Waals surface area contributed by atoms with Crippen molar-refractivity contribution in [3.8, 4) is 10.8 Å². The topological polar surface area (TPSA) is 68.0 Å². The average molecular weight is 366 g/mol. The fourth-order valence-electron chi connectivity index (χ4n) is 1.88. The quantitative estimate of drug-likeness (QED) is 0.528. The van der Waals surface area contributed by atoms with E-state index in [0.717, 1.165) is 15.0 Å². The minimum atomic E-state index is -0.116. The number of hydrogen-bond acceptors (Lipinski definition) is 6. The van der Waals surface area contributed by atoms with E-state index >= 15 is 0 Å². The predicted octanol–water partition coefficient (Wildman–Crippen LogP) is 4.00. The molecule has 0 saturated carbocycles. The number of rotatable bonds is 6. The molecule has 0 atom stereocenters. The summed E-state index contributed by atoms with van der Waals surface area (Å²) in [6.07, 6.45) is 1.62. The molecular formula is C15H12ClN3O2S2. The second-order valence-corrected chi connectivity index (χ2v) is 6.85. The fourth-order valence-corrected chi connectivity index (χ4v) is 3.90. The summed E-state index contributed by atoms with van der Waals surface area (Å²) in [5, 5.41) is 12.6. The van der Waals surface area contributed by atoms with Crippen molar-refractivity contribution in [2.75, 3.05) is 12.3 Å². The first-order chi connectivity index (χ1) is 11.2. The highest BCUT2D eigenvalue weighted by atomic mass is 35.5. The molecule has 0 spiro atoms. The van der Waals surface area contributed by atoms with Crippen molar-refractivity contribution in [3.05, 3.63) is 41.9 Å². The molecule has 0 unspecified atom stereocenters. The number of hydrogen-bond donors (Lipinski definition) is 1. The van der Waals surface area contributed by atoms with Crippen LogP contribution in [0.2, 0.25) is 5.02 Å². The summed E-state index contributed by atoms with van der Waals surface area (Å²) >= 11 is 9.07. The zero-order valence-corrected chi connectivity index (χ0v) is 14.3. The van der Waals surface area contributed by atoms with Crippen molar-refractivity contribution < 1.29 is 9.21 Å². The van der Waals surface area contributed by atoms with Gasteiger partial charge in [-0.1, -0.05) is 47.6 Å². The molecule has 0 fully saturated rings. The number of thiophene rings is 1. The zero-order chi connectivity index (χ0) is 16.2. The number of amides is 1. The monoisotopic (exact) mass is 365 g/mol. The van der Waals surface area contributed by atoms with Gasteiger partial charge in [0.1, 0.15) is 4.88 Å². The van der Waals surface area contributed by atoms with Gasteiger partial charge in [0.15, 0.2) is 0 Å². The van der Waals surface area contributed by atoms with Crippen LogP contribution in [0.1, 0.15) is 0 Å². The standard InChI is InChI=1S/C15H12ClN3O2S2/c1-2-7-17-11(20)8-22-15-19-18-14(21-15)13-12(16)9-5-3-4-6-10(9)23-13/h2-6H,1,7-8H2,(H,17,20). The Labute approximate surface area is 145 Å². The lowest BCUT2D eigenvalue weighted by molar-refractivity contribution is -0.118. The van der Waals surface area contributed by atoms with Gasteiger partial charge in [0.25, 0.3) is 11.1 Å². The van der Waals surface area contributed by atoms with E-state index in [0.29, 0.717) is 22.7 Å². The van der Waals surface area contributed by atoms with Crippen LogP contribution in [-0.2, 0) is 4.79 Å². The van der Waals surface area contributed by atoms with E-state index in [4.69, 9.17) is 16.0 Å². The van der Waals surface area contributed by atoms with Crippen LogP contribution in [0.25, 0.3) is 20.9 Å². The number of nitrogens with one attached hydrogen (secondary N) is 1. The van der Waals surface area contributed by atoms with Gasteiger partial charge in [-0.3, -0.25) is 4.79 Å². The molecule has 1 amide bonds. The first-order valence-electron chi connectivity index (χ1n) is 6.70. The summed E-state index contributed by atoms with van der Waals surface area (Å²) in [4.78, 5) is 12.3. The first-order valence-corrected chi connectivity index (χ1v) is 8.88. The Hall–Kier alpha value is -1.83. The van der Waals surface area contributed by atoms with Gasteiger partial charge in [-0.25, -0.2) is 0 Å². The van der Waals surface area contributed by atoms with Crippen LogP contribution >= 0.6 is 34.7 Å². The second-order valence-electron chi connectivity index (χ2n) is 4.50. The molecule has 3 aromatic rings. The zero-order valence-electron chi connectivity index (χ0n) is 11.9. The maximum Gasteiger partial charge on any atom is 0.277 e. The van der Waals surface area contributed by atoms with E-state index in [9.17, 15) is 4.79 Å². The molecule has 5 nitrogen and oxygen atoms in total. The van der Waals surface area contributed by atoms with Gasteiger partial charge in [0.05, 0.1) is 10.8 Å². The Morgan fingerprint density at radius 1 is 1.43 bits per heavy atom. The first kappa shape index (κ1) is 16.0. The van der Waals surface area contributed by atoms with Gasteiger partial charge in [0.2, 0.25) is 5.91 Å². The number of carbonyl (C=O) groups excluding carboxylic acids is 1. The molecule has 1 N–H and O–H groups in total. The van der Waals surface area contributed by atoms with Gasteiger partial charge < -0.3 is 9.73 Å². The molecule has 0 aliphatic heterocycles. The summed E-state index contributed by atoms with van der Waals surface area (Å²) < 4.78 is 6.66. The normalized spacial score (nSPS) is 10.8. The van der Waals surface area contributed by atoms with Gasteiger partial charge in [-0.15, -0.1) is 28.1 Å². The number of halogens is 1. The molecule has 0 aliphatic carbocycles. The molecule has 118 valence electrons. The minimum absolute atomic E-state index is 0.116. The van der Waals surface area contributed by atoms with E-state index in [1.807, 2.05) is 24.3 Å². The highest BCUT2D eigenvalue weighted by Crippen LogP contribution is 2.41. The van der Waals surface area contributed by atoms with Crippen molar-refractivity contribution in [1.82, 2.24) is 15.5 Å². The van der Waals surface area contributed by atoms with Crippen LogP contribution < -0.4 is 5.32 Å². The number of nitrogens with zero attached hydrogens (tertiary/aromatic N) is 2. The Bertz CT molecular complexity index is 859. The summed E-state index contributed by atoms with van der Waals surface area (Å²) in [7, 11) is 0. The van der Waals surface area contributed by atoms with Gasteiger partial charge >= 0.3 is 0 Å². The Morgan fingerprint density at radius 2 is 2.26 bits per heavy atom. The van der Waals surface area contributed by atoms with Crippen molar-refractivity contribution in [2.45, 2.75) is 5.22 Å². The van der Waals surface area contributed by atoms with E-state index < -0.39 is 0 Å².